The lowest BCUT2D eigenvalue weighted by Gasteiger charge is -2.10. The van der Waals surface area contributed by atoms with Crippen LogP contribution in [0.1, 0.15) is 5.69 Å². The van der Waals surface area contributed by atoms with E-state index < -0.39 is 9.84 Å². The van der Waals surface area contributed by atoms with Gasteiger partial charge in [-0.05, 0) is 42.5 Å². The third kappa shape index (κ3) is 6.64. The number of hydrogen-bond donors (Lipinski definition) is 2. The number of thiazole rings is 1. The summed E-state index contributed by atoms with van der Waals surface area (Å²) in [6, 6.07) is 19.2. The lowest BCUT2D eigenvalue weighted by molar-refractivity contribution is 0.483. The van der Waals surface area contributed by atoms with E-state index in [1.54, 1.807) is 6.20 Å². The molecule has 9 nitrogen and oxygen atoms in total. The van der Waals surface area contributed by atoms with Crippen molar-refractivity contribution in [2.45, 2.75) is 6.54 Å². The predicted octanol–water partition coefficient (Wildman–Crippen LogP) is 4.82. The molecule has 0 saturated heterocycles. The molecular formula is C26H24N6O3S2. The van der Waals surface area contributed by atoms with Crippen LogP contribution in [0.15, 0.2) is 78.6 Å². The molecule has 0 radical (unpaired) electrons. The van der Waals surface area contributed by atoms with Crippen LogP contribution in [0.5, 0.6) is 11.5 Å². The van der Waals surface area contributed by atoms with Gasteiger partial charge in [-0.2, -0.15) is 0 Å². The van der Waals surface area contributed by atoms with Crippen LogP contribution in [0, 0.1) is 0 Å². The number of aromatic nitrogens is 4. The molecule has 5 rings (SSSR count). The van der Waals surface area contributed by atoms with Crippen LogP contribution in [0.4, 0.5) is 11.5 Å². The summed E-state index contributed by atoms with van der Waals surface area (Å²) < 4.78 is 28.4. The summed E-state index contributed by atoms with van der Waals surface area (Å²) in [7, 11) is -2.99. The minimum absolute atomic E-state index is 0.0920. The summed E-state index contributed by atoms with van der Waals surface area (Å²) in [4.78, 5) is 18.0. The third-order valence-corrected chi connectivity index (χ3v) is 7.20. The molecule has 11 heteroatoms. The number of nitrogens with one attached hydrogen (secondary N) is 2. The van der Waals surface area contributed by atoms with Crippen molar-refractivity contribution in [2.75, 3.05) is 23.9 Å². The Labute approximate surface area is 218 Å². The average Bonchev–Trinajstić information content (AvgIpc) is 3.37. The van der Waals surface area contributed by atoms with Gasteiger partial charge in [0.1, 0.15) is 38.5 Å². The number of benzene rings is 2. The molecule has 3 aromatic heterocycles. The highest BCUT2D eigenvalue weighted by Crippen LogP contribution is 2.29. The molecule has 2 N–H and O–H groups in total. The summed E-state index contributed by atoms with van der Waals surface area (Å²) >= 11 is 1.48. The van der Waals surface area contributed by atoms with Gasteiger partial charge in [-0.1, -0.05) is 18.2 Å². The Morgan fingerprint density at radius 2 is 1.76 bits per heavy atom. The lowest BCUT2D eigenvalue weighted by atomic mass is 10.2. The maximum atomic E-state index is 11.3. The second kappa shape index (κ2) is 11.0. The summed E-state index contributed by atoms with van der Waals surface area (Å²) in [5.74, 6) is 2.26. The molecule has 5 aromatic rings. The van der Waals surface area contributed by atoms with E-state index in [-0.39, 0.29) is 5.75 Å². The molecule has 188 valence electrons. The number of rotatable bonds is 10. The summed E-state index contributed by atoms with van der Waals surface area (Å²) in [6.07, 6.45) is 4.44. The monoisotopic (exact) mass is 532 g/mol. The van der Waals surface area contributed by atoms with Gasteiger partial charge < -0.3 is 15.4 Å². The first-order valence-electron chi connectivity index (χ1n) is 11.5. The van der Waals surface area contributed by atoms with Gasteiger partial charge in [-0.25, -0.2) is 23.4 Å². The van der Waals surface area contributed by atoms with Gasteiger partial charge >= 0.3 is 0 Å². The maximum Gasteiger partial charge on any atom is 0.148 e. The molecule has 0 spiro atoms. The van der Waals surface area contributed by atoms with E-state index in [4.69, 9.17) is 4.74 Å². The smallest absolute Gasteiger partial charge is 0.148 e. The van der Waals surface area contributed by atoms with E-state index in [0.29, 0.717) is 30.1 Å². The number of sulfone groups is 1. The zero-order valence-corrected chi connectivity index (χ0v) is 21.6. The zero-order valence-electron chi connectivity index (χ0n) is 20.0. The quantitative estimate of drug-likeness (QED) is 0.244. The highest BCUT2D eigenvalue weighted by atomic mass is 32.2. The number of fused-ring (bicyclic) bond motifs is 1. The van der Waals surface area contributed by atoms with Crippen LogP contribution in [-0.2, 0) is 16.4 Å². The molecule has 0 aliphatic carbocycles. The van der Waals surface area contributed by atoms with Crippen LogP contribution in [0.2, 0.25) is 0 Å². The zero-order chi connectivity index (χ0) is 25.7. The Kier molecular flexibility index (Phi) is 7.35. The molecule has 0 aliphatic rings. The van der Waals surface area contributed by atoms with Crippen molar-refractivity contribution < 1.29 is 13.2 Å². The van der Waals surface area contributed by atoms with Crippen molar-refractivity contribution in [2.24, 2.45) is 0 Å². The van der Waals surface area contributed by atoms with Crippen molar-refractivity contribution in [3.05, 3.63) is 84.3 Å². The summed E-state index contributed by atoms with van der Waals surface area (Å²) in [5, 5.41) is 9.99. The molecule has 0 atom stereocenters. The van der Waals surface area contributed by atoms with E-state index in [1.807, 2.05) is 66.0 Å². The fourth-order valence-electron chi connectivity index (χ4n) is 3.52. The second-order valence-electron chi connectivity index (χ2n) is 8.32. The predicted molar refractivity (Wildman–Crippen MR) is 146 cm³/mol. The average molecular weight is 533 g/mol. The normalized spacial score (nSPS) is 11.5. The van der Waals surface area contributed by atoms with E-state index in [9.17, 15) is 8.42 Å². The van der Waals surface area contributed by atoms with Gasteiger partial charge in [-0.3, -0.25) is 4.98 Å². The third-order valence-electron chi connectivity index (χ3n) is 5.34. The van der Waals surface area contributed by atoms with E-state index >= 15 is 0 Å². The second-order valence-corrected chi connectivity index (χ2v) is 11.4. The van der Waals surface area contributed by atoms with Gasteiger partial charge in [0.25, 0.3) is 0 Å². The Morgan fingerprint density at radius 1 is 0.973 bits per heavy atom. The van der Waals surface area contributed by atoms with Crippen LogP contribution >= 0.6 is 11.3 Å². The molecule has 0 saturated carbocycles. The fourth-order valence-corrected chi connectivity index (χ4v) is 4.82. The number of pyridine rings is 1. The van der Waals surface area contributed by atoms with Gasteiger partial charge in [0.2, 0.25) is 0 Å². The Bertz CT molecular complexity index is 1610. The first-order chi connectivity index (χ1) is 17.9. The van der Waals surface area contributed by atoms with Crippen LogP contribution in [0.25, 0.3) is 21.6 Å². The molecule has 37 heavy (non-hydrogen) atoms. The minimum atomic E-state index is -2.99. The molecule has 0 fully saturated rings. The summed E-state index contributed by atoms with van der Waals surface area (Å²) in [6.45, 7) is 0.866. The Hall–Kier alpha value is -3.93. The first-order valence-corrected chi connectivity index (χ1v) is 14.4. The van der Waals surface area contributed by atoms with E-state index in [2.05, 4.69) is 30.6 Å². The van der Waals surface area contributed by atoms with Gasteiger partial charge in [0, 0.05) is 35.8 Å². The Morgan fingerprint density at radius 3 is 2.54 bits per heavy atom. The Balaban J connectivity index is 1.30. The van der Waals surface area contributed by atoms with E-state index in [0.717, 1.165) is 33.3 Å². The molecule has 0 amide bonds. The van der Waals surface area contributed by atoms with Gasteiger partial charge in [0.15, 0.2) is 0 Å². The highest BCUT2D eigenvalue weighted by molar-refractivity contribution is 7.90. The highest BCUT2D eigenvalue weighted by Gasteiger charge is 2.11. The van der Waals surface area contributed by atoms with Crippen LogP contribution in [-0.4, -0.2) is 46.9 Å². The van der Waals surface area contributed by atoms with Gasteiger partial charge in [0.05, 0.1) is 28.9 Å². The van der Waals surface area contributed by atoms with Crippen molar-refractivity contribution in [1.29, 1.82) is 0 Å². The molecule has 0 aliphatic heterocycles. The van der Waals surface area contributed by atoms with Crippen LogP contribution < -0.4 is 15.4 Å². The number of nitrogens with zero attached hydrogens (tertiary/aromatic N) is 4. The molecule has 0 unspecified atom stereocenters. The SMILES string of the molecule is CS(=O)(=O)CCNCc1csc(-c2cc3c(Nc4ccc(Oc5ccccc5)cc4)ncnc3cn2)n1. The molecule has 3 heterocycles. The lowest BCUT2D eigenvalue weighted by Crippen LogP contribution is -2.22. The maximum absolute atomic E-state index is 11.3. The molecule has 0 bridgehead atoms. The van der Waals surface area contributed by atoms with Crippen molar-refractivity contribution in [1.82, 2.24) is 25.3 Å². The van der Waals surface area contributed by atoms with Crippen molar-refractivity contribution >= 4 is 43.6 Å². The number of ether oxygens (including phenoxy) is 1. The molecular weight excluding hydrogens is 508 g/mol. The van der Waals surface area contributed by atoms with Gasteiger partial charge in [-0.15, -0.1) is 11.3 Å². The number of anilines is 2. The minimum Gasteiger partial charge on any atom is -0.457 e. The van der Waals surface area contributed by atoms with Crippen LogP contribution in [0.3, 0.4) is 0 Å². The van der Waals surface area contributed by atoms with Crippen molar-refractivity contribution in [3.8, 4) is 22.2 Å². The standard InChI is InChI=1S/C26H24N6O3S2/c1-37(33,34)12-11-27-14-19-16-36-26(32-19)23-13-22-24(15-28-23)29-17-30-25(22)31-18-7-9-21(10-8-18)35-20-5-3-2-4-6-20/h2-10,13,15-17,27H,11-12,14H2,1H3,(H,29,30,31). The summed E-state index contributed by atoms with van der Waals surface area (Å²) in [5.41, 5.74) is 3.11. The largest absolute Gasteiger partial charge is 0.457 e. The topological polar surface area (TPSA) is 119 Å². The number of hydrogen-bond acceptors (Lipinski definition) is 10. The number of para-hydroxylation sites is 1. The fraction of sp³-hybridized carbons (Fsp3) is 0.154. The molecule has 2 aromatic carbocycles. The first kappa shape index (κ1) is 24.8. The van der Waals surface area contributed by atoms with Crippen molar-refractivity contribution in [3.63, 3.8) is 0 Å². The van der Waals surface area contributed by atoms with E-state index in [1.165, 1.54) is 23.9 Å².